The van der Waals surface area contributed by atoms with Gasteiger partial charge in [-0.2, -0.15) is 10.1 Å². The van der Waals surface area contributed by atoms with E-state index in [1.54, 1.807) is 11.8 Å². The van der Waals surface area contributed by atoms with E-state index in [2.05, 4.69) is 45.5 Å². The minimum atomic E-state index is 0.531. The first-order chi connectivity index (χ1) is 13.1. The highest BCUT2D eigenvalue weighted by Crippen LogP contribution is 2.35. The van der Waals surface area contributed by atoms with Crippen molar-refractivity contribution >= 4 is 40.2 Å². The zero-order valence-corrected chi connectivity index (χ0v) is 16.7. The Bertz CT molecular complexity index is 968. The molecule has 3 heterocycles. The van der Waals surface area contributed by atoms with E-state index in [-0.39, 0.29) is 0 Å². The second kappa shape index (κ2) is 7.26. The summed E-state index contributed by atoms with van der Waals surface area (Å²) in [7, 11) is 1.86. The summed E-state index contributed by atoms with van der Waals surface area (Å²) in [6.07, 6.45) is 5.61. The monoisotopic (exact) mass is 383 g/mol. The number of hydrogen-bond acceptors (Lipinski definition) is 7. The van der Waals surface area contributed by atoms with Gasteiger partial charge in [-0.1, -0.05) is 6.92 Å². The molecular formula is C19H25N7S. The number of aromatic nitrogens is 4. The van der Waals surface area contributed by atoms with Gasteiger partial charge in [0.05, 0.1) is 16.6 Å². The lowest BCUT2D eigenvalue weighted by Crippen LogP contribution is -2.29. The molecule has 7 nitrogen and oxygen atoms in total. The molecule has 0 saturated carbocycles. The van der Waals surface area contributed by atoms with Crippen LogP contribution in [-0.4, -0.2) is 46.1 Å². The van der Waals surface area contributed by atoms with Gasteiger partial charge >= 0.3 is 0 Å². The molecule has 4 rings (SSSR count). The topological polar surface area (TPSA) is 95.8 Å². The van der Waals surface area contributed by atoms with Crippen LogP contribution in [0.1, 0.15) is 26.2 Å². The van der Waals surface area contributed by atoms with E-state index in [1.807, 2.05) is 13.3 Å². The van der Waals surface area contributed by atoms with Crippen molar-refractivity contribution in [3.05, 3.63) is 18.2 Å². The lowest BCUT2D eigenvalue weighted by molar-refractivity contribution is 0.640. The largest absolute Gasteiger partial charge is 0.382 e. The molecule has 8 heteroatoms. The molecule has 4 N–H and O–H groups in total. The lowest BCUT2D eigenvalue weighted by atomic mass is 10.1. The van der Waals surface area contributed by atoms with Gasteiger partial charge in [-0.15, -0.1) is 11.8 Å². The van der Waals surface area contributed by atoms with E-state index in [9.17, 15) is 0 Å². The molecule has 142 valence electrons. The van der Waals surface area contributed by atoms with Crippen molar-refractivity contribution in [3.8, 4) is 11.3 Å². The fourth-order valence-corrected chi connectivity index (χ4v) is 4.52. The van der Waals surface area contributed by atoms with Crippen molar-refractivity contribution in [2.45, 2.75) is 37.1 Å². The van der Waals surface area contributed by atoms with E-state index in [1.165, 1.54) is 12.8 Å². The van der Waals surface area contributed by atoms with Crippen LogP contribution in [0.15, 0.2) is 23.1 Å². The Morgan fingerprint density at radius 1 is 1.33 bits per heavy atom. The maximum absolute atomic E-state index is 6.03. The number of nitrogens with two attached hydrogens (primary N) is 1. The average molecular weight is 384 g/mol. The van der Waals surface area contributed by atoms with E-state index < -0.39 is 0 Å². The standard InChI is InChI=1S/C19H25N7S/c1-4-12-6-5-7-26(12)16-10-13(22-19(21-2)23-16)11-8-14-17(15(9-11)27-3)18(20)25-24-14/h8-10,12H,4-7H2,1-3H3,(H3,20,24,25)(H,21,22,23). The Balaban J connectivity index is 1.84. The second-order valence-corrected chi connectivity index (χ2v) is 7.64. The number of nitrogens with one attached hydrogen (secondary N) is 2. The lowest BCUT2D eigenvalue weighted by Gasteiger charge is -2.25. The normalized spacial score (nSPS) is 17.0. The minimum absolute atomic E-state index is 0.531. The number of benzene rings is 1. The van der Waals surface area contributed by atoms with Crippen LogP contribution in [0, 0.1) is 0 Å². The molecule has 2 aromatic heterocycles. The summed E-state index contributed by atoms with van der Waals surface area (Å²) < 4.78 is 0. The van der Waals surface area contributed by atoms with Gasteiger partial charge in [-0.05, 0) is 37.7 Å². The highest BCUT2D eigenvalue weighted by atomic mass is 32.2. The van der Waals surface area contributed by atoms with Crippen molar-refractivity contribution in [3.63, 3.8) is 0 Å². The number of anilines is 3. The number of thioether (sulfide) groups is 1. The van der Waals surface area contributed by atoms with E-state index in [4.69, 9.17) is 15.7 Å². The Morgan fingerprint density at radius 2 is 2.19 bits per heavy atom. The molecule has 1 unspecified atom stereocenters. The molecule has 0 aliphatic carbocycles. The Morgan fingerprint density at radius 3 is 2.93 bits per heavy atom. The number of H-pyrrole nitrogens is 1. The molecule has 0 spiro atoms. The Hall–Kier alpha value is -2.48. The van der Waals surface area contributed by atoms with Gasteiger partial charge in [0.25, 0.3) is 0 Å². The average Bonchev–Trinajstić information content (AvgIpc) is 3.33. The zero-order chi connectivity index (χ0) is 19.0. The number of rotatable bonds is 5. The number of nitrogen functional groups attached to an aromatic ring is 1. The van der Waals surface area contributed by atoms with Gasteiger partial charge in [0.1, 0.15) is 5.82 Å². The number of hydrogen-bond donors (Lipinski definition) is 3. The molecule has 3 aromatic rings. The van der Waals surface area contributed by atoms with E-state index in [0.717, 1.165) is 45.8 Å². The van der Waals surface area contributed by atoms with Gasteiger partial charge in [-0.3, -0.25) is 5.10 Å². The van der Waals surface area contributed by atoms with E-state index >= 15 is 0 Å². The predicted molar refractivity (Wildman–Crippen MR) is 114 cm³/mol. The summed E-state index contributed by atoms with van der Waals surface area (Å²) in [6, 6.07) is 6.84. The highest BCUT2D eigenvalue weighted by molar-refractivity contribution is 7.98. The van der Waals surface area contributed by atoms with Crippen LogP contribution in [0.4, 0.5) is 17.6 Å². The van der Waals surface area contributed by atoms with Crippen molar-refractivity contribution in [1.82, 2.24) is 20.2 Å². The van der Waals surface area contributed by atoms with Gasteiger partial charge in [0.15, 0.2) is 5.82 Å². The van der Waals surface area contributed by atoms with Gasteiger partial charge in [-0.25, -0.2) is 4.98 Å². The summed E-state index contributed by atoms with van der Waals surface area (Å²) in [6.45, 7) is 3.29. The summed E-state index contributed by atoms with van der Waals surface area (Å²) in [5, 5.41) is 11.3. The van der Waals surface area contributed by atoms with Gasteiger partial charge < -0.3 is 16.0 Å². The fourth-order valence-electron chi connectivity index (χ4n) is 3.86. The van der Waals surface area contributed by atoms with Crippen molar-refractivity contribution in [2.75, 3.05) is 35.8 Å². The van der Waals surface area contributed by atoms with Crippen LogP contribution in [-0.2, 0) is 0 Å². The SMILES string of the molecule is CCC1CCCN1c1cc(-c2cc(SC)c3c(N)n[nH]c3c2)nc(NC)n1. The first kappa shape index (κ1) is 17.9. The first-order valence-corrected chi connectivity index (χ1v) is 10.5. The third-order valence-electron chi connectivity index (χ3n) is 5.25. The highest BCUT2D eigenvalue weighted by Gasteiger charge is 2.25. The van der Waals surface area contributed by atoms with Crippen LogP contribution in [0.3, 0.4) is 0 Å². The third kappa shape index (κ3) is 3.18. The van der Waals surface area contributed by atoms with E-state index in [0.29, 0.717) is 17.8 Å². The van der Waals surface area contributed by atoms with Crippen LogP contribution in [0.5, 0.6) is 0 Å². The second-order valence-electron chi connectivity index (χ2n) is 6.79. The quantitative estimate of drug-likeness (QED) is 0.578. The van der Waals surface area contributed by atoms with Crippen molar-refractivity contribution in [2.24, 2.45) is 0 Å². The molecule has 1 aliphatic heterocycles. The summed E-state index contributed by atoms with van der Waals surface area (Å²) in [5.41, 5.74) is 8.88. The van der Waals surface area contributed by atoms with Crippen LogP contribution < -0.4 is 16.0 Å². The number of nitrogens with zero attached hydrogens (tertiary/aromatic N) is 4. The maximum atomic E-state index is 6.03. The number of fused-ring (bicyclic) bond motifs is 1. The fraction of sp³-hybridized carbons (Fsp3) is 0.421. The van der Waals surface area contributed by atoms with Crippen LogP contribution in [0.25, 0.3) is 22.2 Å². The smallest absolute Gasteiger partial charge is 0.224 e. The van der Waals surface area contributed by atoms with Crippen molar-refractivity contribution in [1.29, 1.82) is 0 Å². The van der Waals surface area contributed by atoms with Gasteiger partial charge in [0, 0.05) is 36.2 Å². The molecule has 0 amide bonds. The molecule has 0 radical (unpaired) electrons. The van der Waals surface area contributed by atoms with Crippen LogP contribution in [0.2, 0.25) is 0 Å². The zero-order valence-electron chi connectivity index (χ0n) is 15.9. The van der Waals surface area contributed by atoms with Crippen LogP contribution >= 0.6 is 11.8 Å². The summed E-state index contributed by atoms with van der Waals surface area (Å²) in [5.74, 6) is 2.16. The first-order valence-electron chi connectivity index (χ1n) is 9.30. The molecule has 1 fully saturated rings. The maximum Gasteiger partial charge on any atom is 0.224 e. The molecule has 1 aromatic carbocycles. The summed E-state index contributed by atoms with van der Waals surface area (Å²) in [4.78, 5) is 12.9. The van der Waals surface area contributed by atoms with Crippen molar-refractivity contribution < 1.29 is 0 Å². The molecule has 1 atom stereocenters. The molecule has 27 heavy (non-hydrogen) atoms. The predicted octanol–water partition coefficient (Wildman–Crippen LogP) is 3.74. The summed E-state index contributed by atoms with van der Waals surface area (Å²) >= 11 is 1.66. The third-order valence-corrected chi connectivity index (χ3v) is 6.01. The molecular weight excluding hydrogens is 358 g/mol. The molecule has 0 bridgehead atoms. The Labute approximate surface area is 163 Å². The Kier molecular flexibility index (Phi) is 4.82. The molecule has 1 saturated heterocycles. The minimum Gasteiger partial charge on any atom is -0.382 e. The van der Waals surface area contributed by atoms with Gasteiger partial charge in [0.2, 0.25) is 5.95 Å². The number of aromatic amines is 1. The molecule has 1 aliphatic rings.